The second-order valence-electron chi connectivity index (χ2n) is 5.00. The van der Waals surface area contributed by atoms with Crippen molar-refractivity contribution in [3.63, 3.8) is 0 Å². The molecule has 0 bridgehead atoms. The SMILES string of the molecule is NC(=O)c1ccc(S(=O)(=O)NCC2CCCC2O)cc1. The fourth-order valence-electron chi connectivity index (χ4n) is 2.35. The highest BCUT2D eigenvalue weighted by molar-refractivity contribution is 7.89. The predicted octanol–water partition coefficient (Wildman–Crippen LogP) is 0.225. The summed E-state index contributed by atoms with van der Waals surface area (Å²) < 4.78 is 26.6. The first kappa shape index (κ1) is 15.0. The molecule has 7 heteroatoms. The number of amides is 1. The molecule has 20 heavy (non-hydrogen) atoms. The van der Waals surface area contributed by atoms with Gasteiger partial charge in [-0.25, -0.2) is 13.1 Å². The first-order chi connectivity index (χ1) is 9.40. The van der Waals surface area contributed by atoms with Crippen LogP contribution in [0.1, 0.15) is 29.6 Å². The lowest BCUT2D eigenvalue weighted by atomic mass is 10.1. The zero-order valence-corrected chi connectivity index (χ0v) is 11.8. The summed E-state index contributed by atoms with van der Waals surface area (Å²) in [6.07, 6.45) is 2.03. The van der Waals surface area contributed by atoms with Crippen molar-refractivity contribution in [1.29, 1.82) is 0 Å². The summed E-state index contributed by atoms with van der Waals surface area (Å²) in [5, 5.41) is 9.67. The Hall–Kier alpha value is -1.44. The quantitative estimate of drug-likeness (QED) is 0.722. The van der Waals surface area contributed by atoms with E-state index in [-0.39, 0.29) is 22.9 Å². The predicted molar refractivity (Wildman–Crippen MR) is 73.5 cm³/mol. The number of carbonyl (C=O) groups is 1. The number of aliphatic hydroxyl groups excluding tert-OH is 1. The van der Waals surface area contributed by atoms with Crippen LogP contribution in [0.25, 0.3) is 0 Å². The van der Waals surface area contributed by atoms with Crippen LogP contribution in [0.4, 0.5) is 0 Å². The van der Waals surface area contributed by atoms with E-state index in [0.717, 1.165) is 19.3 Å². The normalized spacial score (nSPS) is 22.9. The zero-order chi connectivity index (χ0) is 14.8. The number of hydrogen-bond donors (Lipinski definition) is 3. The van der Waals surface area contributed by atoms with Gasteiger partial charge in [0.1, 0.15) is 0 Å². The van der Waals surface area contributed by atoms with Crippen molar-refractivity contribution in [2.45, 2.75) is 30.3 Å². The lowest BCUT2D eigenvalue weighted by molar-refractivity contribution is 0.1000. The third-order valence-electron chi connectivity index (χ3n) is 3.60. The van der Waals surface area contributed by atoms with Crippen LogP contribution < -0.4 is 10.5 Å². The molecule has 0 heterocycles. The Morgan fingerprint density at radius 1 is 1.30 bits per heavy atom. The monoisotopic (exact) mass is 298 g/mol. The van der Waals surface area contributed by atoms with Crippen LogP contribution in [-0.4, -0.2) is 32.1 Å². The molecule has 0 saturated heterocycles. The van der Waals surface area contributed by atoms with Gasteiger partial charge in [0, 0.05) is 12.1 Å². The van der Waals surface area contributed by atoms with Crippen LogP contribution in [0.5, 0.6) is 0 Å². The number of nitrogens with two attached hydrogens (primary N) is 1. The van der Waals surface area contributed by atoms with Crippen LogP contribution in [-0.2, 0) is 10.0 Å². The molecule has 4 N–H and O–H groups in total. The summed E-state index contributed by atoms with van der Waals surface area (Å²) >= 11 is 0. The molecule has 0 spiro atoms. The van der Waals surface area contributed by atoms with Gasteiger partial charge >= 0.3 is 0 Å². The molecule has 0 radical (unpaired) electrons. The van der Waals surface area contributed by atoms with Crippen LogP contribution in [0.2, 0.25) is 0 Å². The van der Waals surface area contributed by atoms with Crippen LogP contribution >= 0.6 is 0 Å². The minimum absolute atomic E-state index is 0.0327. The smallest absolute Gasteiger partial charge is 0.248 e. The molecule has 1 aliphatic rings. The number of sulfonamides is 1. The van der Waals surface area contributed by atoms with Gasteiger partial charge in [-0.3, -0.25) is 4.79 Å². The Labute approximate surface area is 118 Å². The summed E-state index contributed by atoms with van der Waals surface area (Å²) in [6.45, 7) is 0.223. The van der Waals surface area contributed by atoms with Gasteiger partial charge in [0.15, 0.2) is 0 Å². The highest BCUT2D eigenvalue weighted by Crippen LogP contribution is 2.25. The molecular formula is C13H18N2O4S. The Balaban J connectivity index is 2.04. The molecule has 1 aliphatic carbocycles. The summed E-state index contributed by atoms with van der Waals surface area (Å²) in [5.41, 5.74) is 5.36. The molecule has 1 fully saturated rings. The molecular weight excluding hydrogens is 280 g/mol. The minimum Gasteiger partial charge on any atom is -0.393 e. The van der Waals surface area contributed by atoms with Gasteiger partial charge in [0.05, 0.1) is 11.0 Å². The second-order valence-corrected chi connectivity index (χ2v) is 6.77. The Morgan fingerprint density at radius 3 is 2.45 bits per heavy atom. The molecule has 6 nitrogen and oxygen atoms in total. The number of carbonyl (C=O) groups excluding carboxylic acids is 1. The van der Waals surface area contributed by atoms with E-state index in [1.54, 1.807) is 0 Å². The van der Waals surface area contributed by atoms with E-state index in [2.05, 4.69) is 4.72 Å². The van der Waals surface area contributed by atoms with E-state index in [4.69, 9.17) is 5.73 Å². The van der Waals surface area contributed by atoms with Gasteiger partial charge in [0.25, 0.3) is 0 Å². The first-order valence-corrected chi connectivity index (χ1v) is 7.96. The van der Waals surface area contributed by atoms with E-state index >= 15 is 0 Å². The molecule has 1 aromatic rings. The molecule has 1 amide bonds. The van der Waals surface area contributed by atoms with E-state index in [1.807, 2.05) is 0 Å². The lowest BCUT2D eigenvalue weighted by Crippen LogP contribution is -2.32. The maximum Gasteiger partial charge on any atom is 0.248 e. The standard InChI is InChI=1S/C13H18N2O4S/c14-13(17)9-4-6-11(7-5-9)20(18,19)15-8-10-2-1-3-12(10)16/h4-7,10,12,15-16H,1-3,8H2,(H2,14,17). The lowest BCUT2D eigenvalue weighted by Gasteiger charge is -2.15. The third kappa shape index (κ3) is 3.36. The first-order valence-electron chi connectivity index (χ1n) is 6.48. The average molecular weight is 298 g/mol. The topological polar surface area (TPSA) is 109 Å². The van der Waals surface area contributed by atoms with E-state index in [1.165, 1.54) is 24.3 Å². The highest BCUT2D eigenvalue weighted by Gasteiger charge is 2.26. The van der Waals surface area contributed by atoms with Gasteiger partial charge in [-0.05, 0) is 43.0 Å². The van der Waals surface area contributed by atoms with Crippen LogP contribution in [0.3, 0.4) is 0 Å². The molecule has 0 aromatic heterocycles. The number of nitrogens with one attached hydrogen (secondary N) is 1. The molecule has 0 aliphatic heterocycles. The largest absolute Gasteiger partial charge is 0.393 e. The van der Waals surface area contributed by atoms with E-state index < -0.39 is 22.0 Å². The molecule has 2 rings (SSSR count). The van der Waals surface area contributed by atoms with E-state index in [0.29, 0.717) is 0 Å². The van der Waals surface area contributed by atoms with Gasteiger partial charge < -0.3 is 10.8 Å². The van der Waals surface area contributed by atoms with Crippen molar-refractivity contribution in [3.05, 3.63) is 29.8 Å². The maximum atomic E-state index is 12.1. The van der Waals surface area contributed by atoms with Crippen LogP contribution in [0.15, 0.2) is 29.2 Å². The minimum atomic E-state index is -3.63. The summed E-state index contributed by atoms with van der Waals surface area (Å²) in [7, 11) is -3.63. The van der Waals surface area contributed by atoms with Crippen molar-refractivity contribution in [2.75, 3.05) is 6.54 Å². The molecule has 1 aromatic carbocycles. The fraction of sp³-hybridized carbons (Fsp3) is 0.462. The van der Waals surface area contributed by atoms with Crippen molar-refractivity contribution < 1.29 is 18.3 Å². The molecule has 1 saturated carbocycles. The summed E-state index contributed by atoms with van der Waals surface area (Å²) in [4.78, 5) is 11.0. The number of benzene rings is 1. The van der Waals surface area contributed by atoms with Crippen molar-refractivity contribution in [2.24, 2.45) is 11.7 Å². The fourth-order valence-corrected chi connectivity index (χ4v) is 3.45. The third-order valence-corrected chi connectivity index (χ3v) is 5.04. The average Bonchev–Trinajstić information content (AvgIpc) is 2.82. The Kier molecular flexibility index (Phi) is 4.42. The van der Waals surface area contributed by atoms with Gasteiger partial charge in [0.2, 0.25) is 15.9 Å². The van der Waals surface area contributed by atoms with Crippen LogP contribution in [0, 0.1) is 5.92 Å². The summed E-state index contributed by atoms with van der Waals surface area (Å²) in [6, 6.07) is 5.43. The van der Waals surface area contributed by atoms with E-state index in [9.17, 15) is 18.3 Å². The highest BCUT2D eigenvalue weighted by atomic mass is 32.2. The number of rotatable bonds is 5. The molecule has 2 unspecified atom stereocenters. The number of primary amides is 1. The van der Waals surface area contributed by atoms with Crippen molar-refractivity contribution in [1.82, 2.24) is 4.72 Å². The molecule has 2 atom stereocenters. The van der Waals surface area contributed by atoms with Crippen molar-refractivity contribution in [3.8, 4) is 0 Å². The number of hydrogen-bond acceptors (Lipinski definition) is 4. The Bertz CT molecular complexity index is 583. The Morgan fingerprint density at radius 2 is 1.95 bits per heavy atom. The zero-order valence-electron chi connectivity index (χ0n) is 11.0. The summed E-state index contributed by atoms with van der Waals surface area (Å²) in [5.74, 6) is -0.634. The van der Waals surface area contributed by atoms with Gasteiger partial charge in [-0.15, -0.1) is 0 Å². The second kappa shape index (κ2) is 5.90. The number of aliphatic hydroxyl groups is 1. The van der Waals surface area contributed by atoms with Crippen molar-refractivity contribution >= 4 is 15.9 Å². The molecule has 110 valence electrons. The van der Waals surface area contributed by atoms with Gasteiger partial charge in [-0.2, -0.15) is 0 Å². The maximum absolute atomic E-state index is 12.1. The van der Waals surface area contributed by atoms with Gasteiger partial charge in [-0.1, -0.05) is 6.42 Å².